The lowest BCUT2D eigenvalue weighted by Gasteiger charge is -2.32. The van der Waals surface area contributed by atoms with Gasteiger partial charge in [0.15, 0.2) is 0 Å². The number of carbonyl (C=O) groups excluding carboxylic acids is 2. The lowest BCUT2D eigenvalue weighted by Crippen LogP contribution is -2.50. The summed E-state index contributed by atoms with van der Waals surface area (Å²) in [5.74, 6) is -0.402. The van der Waals surface area contributed by atoms with Gasteiger partial charge in [-0.1, -0.05) is 13.8 Å². The van der Waals surface area contributed by atoms with Crippen molar-refractivity contribution in [3.63, 3.8) is 0 Å². The molecule has 0 aliphatic carbocycles. The van der Waals surface area contributed by atoms with Gasteiger partial charge in [-0.05, 0) is 5.92 Å². The number of rotatable bonds is 5. The SMILES string of the molecule is CC(C)[C@H](N)C(=O)NCC(=O)N1CCOC(c2cnn(C)c2)C1. The van der Waals surface area contributed by atoms with Crippen LogP contribution in [0.1, 0.15) is 25.5 Å². The highest BCUT2D eigenvalue weighted by molar-refractivity contribution is 5.87. The molecule has 128 valence electrons. The minimum atomic E-state index is -0.601. The second kappa shape index (κ2) is 7.56. The average molecular weight is 323 g/mol. The van der Waals surface area contributed by atoms with E-state index in [0.717, 1.165) is 5.56 Å². The predicted molar refractivity (Wildman–Crippen MR) is 84.3 cm³/mol. The molecule has 1 aromatic heterocycles. The molecule has 1 aliphatic heterocycles. The molecule has 8 heteroatoms. The molecule has 8 nitrogen and oxygen atoms in total. The fourth-order valence-electron chi connectivity index (χ4n) is 2.38. The zero-order valence-electron chi connectivity index (χ0n) is 13.9. The standard InChI is InChI=1S/C15H25N5O3/c1-10(2)14(16)15(22)17-7-13(21)20-4-5-23-12(9-20)11-6-18-19(3)8-11/h6,8,10,12,14H,4-5,7,9,16H2,1-3H3,(H,17,22)/t12?,14-/m0/s1. The van der Waals surface area contributed by atoms with Gasteiger partial charge in [0, 0.05) is 25.4 Å². The number of hydrogen-bond donors (Lipinski definition) is 2. The van der Waals surface area contributed by atoms with E-state index in [1.165, 1.54) is 0 Å². The lowest BCUT2D eigenvalue weighted by molar-refractivity contribution is -0.139. The van der Waals surface area contributed by atoms with Gasteiger partial charge in [0.2, 0.25) is 11.8 Å². The molecule has 0 saturated carbocycles. The summed E-state index contributed by atoms with van der Waals surface area (Å²) in [5, 5.41) is 6.73. The van der Waals surface area contributed by atoms with Crippen molar-refractivity contribution in [1.29, 1.82) is 0 Å². The number of ether oxygens (including phenoxy) is 1. The third kappa shape index (κ3) is 4.52. The van der Waals surface area contributed by atoms with Crippen LogP contribution in [0.5, 0.6) is 0 Å². The molecule has 1 fully saturated rings. The van der Waals surface area contributed by atoms with Crippen molar-refractivity contribution in [3.8, 4) is 0 Å². The monoisotopic (exact) mass is 323 g/mol. The van der Waals surface area contributed by atoms with Gasteiger partial charge < -0.3 is 20.7 Å². The van der Waals surface area contributed by atoms with Crippen LogP contribution in [0.2, 0.25) is 0 Å². The average Bonchev–Trinajstić information content (AvgIpc) is 2.98. The number of nitrogens with one attached hydrogen (secondary N) is 1. The summed E-state index contributed by atoms with van der Waals surface area (Å²) in [6.07, 6.45) is 3.43. The number of aryl methyl sites for hydroxylation is 1. The van der Waals surface area contributed by atoms with Crippen molar-refractivity contribution < 1.29 is 14.3 Å². The summed E-state index contributed by atoms with van der Waals surface area (Å²) in [6.45, 7) is 5.13. The van der Waals surface area contributed by atoms with Gasteiger partial charge in [0.05, 0.1) is 31.9 Å². The minimum absolute atomic E-state index is 0.0310. The Morgan fingerprint density at radius 2 is 2.26 bits per heavy atom. The molecule has 1 aromatic rings. The fraction of sp³-hybridized carbons (Fsp3) is 0.667. The number of amides is 2. The first-order valence-electron chi connectivity index (χ1n) is 7.79. The van der Waals surface area contributed by atoms with Crippen molar-refractivity contribution in [1.82, 2.24) is 20.0 Å². The Balaban J connectivity index is 1.86. The molecule has 1 saturated heterocycles. The van der Waals surface area contributed by atoms with Crippen molar-refractivity contribution in [3.05, 3.63) is 18.0 Å². The molecule has 1 aliphatic rings. The highest BCUT2D eigenvalue weighted by Crippen LogP contribution is 2.21. The molecular weight excluding hydrogens is 298 g/mol. The number of nitrogens with zero attached hydrogens (tertiary/aromatic N) is 3. The quantitative estimate of drug-likeness (QED) is 0.755. The molecule has 3 N–H and O–H groups in total. The van der Waals surface area contributed by atoms with Crippen molar-refractivity contribution >= 4 is 11.8 Å². The molecule has 0 spiro atoms. The molecule has 2 heterocycles. The van der Waals surface area contributed by atoms with E-state index in [9.17, 15) is 9.59 Å². The van der Waals surface area contributed by atoms with E-state index in [-0.39, 0.29) is 30.4 Å². The first-order chi connectivity index (χ1) is 10.9. The van der Waals surface area contributed by atoms with E-state index in [4.69, 9.17) is 10.5 Å². The van der Waals surface area contributed by atoms with Crippen LogP contribution >= 0.6 is 0 Å². The third-order valence-electron chi connectivity index (χ3n) is 3.95. The Kier molecular flexibility index (Phi) is 5.73. The summed E-state index contributed by atoms with van der Waals surface area (Å²) < 4.78 is 7.40. The van der Waals surface area contributed by atoms with Crippen LogP contribution in [0.25, 0.3) is 0 Å². The largest absolute Gasteiger partial charge is 0.370 e. The van der Waals surface area contributed by atoms with Gasteiger partial charge in [-0.15, -0.1) is 0 Å². The predicted octanol–water partition coefficient (Wildman–Crippen LogP) is -0.580. The first kappa shape index (κ1) is 17.4. The van der Waals surface area contributed by atoms with Crippen LogP contribution in [-0.2, 0) is 21.4 Å². The van der Waals surface area contributed by atoms with Gasteiger partial charge in [-0.3, -0.25) is 14.3 Å². The van der Waals surface area contributed by atoms with Gasteiger partial charge >= 0.3 is 0 Å². The Labute approximate surface area is 135 Å². The Morgan fingerprint density at radius 1 is 1.52 bits per heavy atom. The normalized spacial score (nSPS) is 19.7. The van der Waals surface area contributed by atoms with Gasteiger partial charge in [0.1, 0.15) is 6.10 Å². The van der Waals surface area contributed by atoms with E-state index in [1.807, 2.05) is 27.1 Å². The van der Waals surface area contributed by atoms with Crippen molar-refractivity contribution in [2.45, 2.75) is 26.0 Å². The van der Waals surface area contributed by atoms with Crippen molar-refractivity contribution in [2.24, 2.45) is 18.7 Å². The third-order valence-corrected chi connectivity index (χ3v) is 3.95. The summed E-state index contributed by atoms with van der Waals surface area (Å²) in [6, 6.07) is -0.601. The van der Waals surface area contributed by atoms with E-state index in [2.05, 4.69) is 10.4 Å². The molecule has 0 bridgehead atoms. The van der Waals surface area contributed by atoms with Crippen LogP contribution < -0.4 is 11.1 Å². The van der Waals surface area contributed by atoms with Crippen LogP contribution in [0, 0.1) is 5.92 Å². The van der Waals surface area contributed by atoms with E-state index in [1.54, 1.807) is 15.8 Å². The van der Waals surface area contributed by atoms with E-state index in [0.29, 0.717) is 19.7 Å². The van der Waals surface area contributed by atoms with Gasteiger partial charge in [-0.2, -0.15) is 5.10 Å². The molecule has 23 heavy (non-hydrogen) atoms. The van der Waals surface area contributed by atoms with Gasteiger partial charge in [-0.25, -0.2) is 0 Å². The highest BCUT2D eigenvalue weighted by atomic mass is 16.5. The molecule has 2 amide bonds. The first-order valence-corrected chi connectivity index (χ1v) is 7.79. The van der Waals surface area contributed by atoms with E-state index < -0.39 is 6.04 Å². The zero-order valence-corrected chi connectivity index (χ0v) is 13.9. The summed E-state index contributed by atoms with van der Waals surface area (Å²) in [4.78, 5) is 25.8. The number of aromatic nitrogens is 2. The van der Waals surface area contributed by atoms with E-state index >= 15 is 0 Å². The van der Waals surface area contributed by atoms with Crippen LogP contribution in [-0.4, -0.2) is 58.8 Å². The smallest absolute Gasteiger partial charge is 0.242 e. The topological polar surface area (TPSA) is 102 Å². The highest BCUT2D eigenvalue weighted by Gasteiger charge is 2.27. The number of carbonyl (C=O) groups is 2. The van der Waals surface area contributed by atoms with Crippen molar-refractivity contribution in [2.75, 3.05) is 26.2 Å². The summed E-state index contributed by atoms with van der Waals surface area (Å²) >= 11 is 0. The maximum absolute atomic E-state index is 12.3. The zero-order chi connectivity index (χ0) is 17.0. The number of morpholine rings is 1. The Morgan fingerprint density at radius 3 is 2.87 bits per heavy atom. The summed E-state index contributed by atoms with van der Waals surface area (Å²) in [7, 11) is 1.84. The molecule has 2 atom stereocenters. The minimum Gasteiger partial charge on any atom is -0.370 e. The Hall–Kier alpha value is -1.93. The Bertz CT molecular complexity index is 557. The number of nitrogens with two attached hydrogens (primary N) is 1. The summed E-state index contributed by atoms with van der Waals surface area (Å²) in [5.41, 5.74) is 6.70. The molecule has 0 aromatic carbocycles. The maximum atomic E-state index is 12.3. The molecule has 2 rings (SSSR count). The van der Waals surface area contributed by atoms with Crippen LogP contribution in [0.4, 0.5) is 0 Å². The van der Waals surface area contributed by atoms with Crippen LogP contribution in [0.15, 0.2) is 12.4 Å². The second-order valence-corrected chi connectivity index (χ2v) is 6.13. The lowest BCUT2D eigenvalue weighted by atomic mass is 10.1. The molecular formula is C15H25N5O3. The fourth-order valence-corrected chi connectivity index (χ4v) is 2.38. The molecule has 1 unspecified atom stereocenters. The second-order valence-electron chi connectivity index (χ2n) is 6.13. The van der Waals surface area contributed by atoms with Gasteiger partial charge in [0.25, 0.3) is 0 Å². The van der Waals surface area contributed by atoms with Crippen LogP contribution in [0.3, 0.4) is 0 Å². The maximum Gasteiger partial charge on any atom is 0.242 e. The molecule has 0 radical (unpaired) electrons. The number of hydrogen-bond acceptors (Lipinski definition) is 5.